The summed E-state index contributed by atoms with van der Waals surface area (Å²) in [7, 11) is 0. The maximum absolute atomic E-state index is 13.4. The highest BCUT2D eigenvalue weighted by Gasteiger charge is 2.17. The van der Waals surface area contributed by atoms with Gasteiger partial charge >= 0.3 is 0 Å². The molecule has 0 bridgehead atoms. The van der Waals surface area contributed by atoms with Crippen molar-refractivity contribution in [1.29, 1.82) is 0 Å². The molecule has 1 aromatic heterocycles. The van der Waals surface area contributed by atoms with E-state index in [1.165, 1.54) is 25.1 Å². The van der Waals surface area contributed by atoms with E-state index in [0.717, 1.165) is 31.9 Å². The predicted molar refractivity (Wildman–Crippen MR) is 63.2 cm³/mol. The van der Waals surface area contributed by atoms with Crippen molar-refractivity contribution in [1.82, 2.24) is 10.3 Å². The molecule has 1 aliphatic carbocycles. The van der Waals surface area contributed by atoms with Gasteiger partial charge in [0, 0.05) is 12.2 Å². The van der Waals surface area contributed by atoms with Crippen molar-refractivity contribution in [2.24, 2.45) is 0 Å². The van der Waals surface area contributed by atoms with E-state index in [-0.39, 0.29) is 17.5 Å². The Hall–Kier alpha value is -1.45. The SMILES string of the molecule is O=C(NC1CCCCCC1)c1ccncc1F. The van der Waals surface area contributed by atoms with E-state index < -0.39 is 5.82 Å². The Kier molecular flexibility index (Phi) is 4.07. The molecule has 0 aliphatic heterocycles. The molecule has 0 saturated heterocycles. The number of nitrogens with one attached hydrogen (secondary N) is 1. The van der Waals surface area contributed by atoms with E-state index >= 15 is 0 Å². The van der Waals surface area contributed by atoms with Crippen LogP contribution in [0.2, 0.25) is 0 Å². The van der Waals surface area contributed by atoms with Gasteiger partial charge in [0.25, 0.3) is 5.91 Å². The summed E-state index contributed by atoms with van der Waals surface area (Å²) < 4.78 is 13.4. The third kappa shape index (κ3) is 3.25. The molecule has 1 saturated carbocycles. The smallest absolute Gasteiger partial charge is 0.254 e. The number of nitrogens with zero attached hydrogens (tertiary/aromatic N) is 1. The molecule has 1 aliphatic rings. The van der Waals surface area contributed by atoms with Gasteiger partial charge in [-0.2, -0.15) is 0 Å². The van der Waals surface area contributed by atoms with Gasteiger partial charge in [-0.3, -0.25) is 9.78 Å². The molecular weight excluding hydrogens is 219 g/mol. The maximum atomic E-state index is 13.4. The molecular formula is C13H17FN2O. The maximum Gasteiger partial charge on any atom is 0.254 e. The third-order valence-electron chi connectivity index (χ3n) is 3.21. The number of hydrogen-bond acceptors (Lipinski definition) is 2. The molecule has 3 nitrogen and oxygen atoms in total. The lowest BCUT2D eigenvalue weighted by atomic mass is 10.1. The lowest BCUT2D eigenvalue weighted by Crippen LogP contribution is -2.34. The first kappa shape index (κ1) is 12.0. The summed E-state index contributed by atoms with van der Waals surface area (Å²) in [5.41, 5.74) is 0.0873. The van der Waals surface area contributed by atoms with Crippen LogP contribution in [-0.2, 0) is 0 Å². The van der Waals surface area contributed by atoms with Crippen LogP contribution in [0.5, 0.6) is 0 Å². The van der Waals surface area contributed by atoms with Gasteiger partial charge in [-0.05, 0) is 18.9 Å². The van der Waals surface area contributed by atoms with Crippen molar-refractivity contribution >= 4 is 5.91 Å². The average molecular weight is 236 g/mol. The molecule has 1 N–H and O–H groups in total. The lowest BCUT2D eigenvalue weighted by molar-refractivity contribution is 0.0929. The van der Waals surface area contributed by atoms with Gasteiger partial charge in [-0.25, -0.2) is 4.39 Å². The average Bonchev–Trinajstić information content (AvgIpc) is 2.58. The second kappa shape index (κ2) is 5.75. The zero-order valence-electron chi connectivity index (χ0n) is 9.79. The van der Waals surface area contributed by atoms with E-state index in [9.17, 15) is 9.18 Å². The van der Waals surface area contributed by atoms with Crippen LogP contribution in [0.3, 0.4) is 0 Å². The largest absolute Gasteiger partial charge is 0.349 e. The summed E-state index contributed by atoms with van der Waals surface area (Å²) in [5.74, 6) is -0.879. The fraction of sp³-hybridized carbons (Fsp3) is 0.538. The van der Waals surface area contributed by atoms with Gasteiger partial charge in [0.2, 0.25) is 0 Å². The first-order valence-electron chi connectivity index (χ1n) is 6.18. The summed E-state index contributed by atoms with van der Waals surface area (Å²) >= 11 is 0. The molecule has 92 valence electrons. The fourth-order valence-corrected chi connectivity index (χ4v) is 2.25. The van der Waals surface area contributed by atoms with Crippen molar-refractivity contribution < 1.29 is 9.18 Å². The molecule has 1 aromatic rings. The molecule has 1 heterocycles. The van der Waals surface area contributed by atoms with Crippen LogP contribution in [0.15, 0.2) is 18.5 Å². The van der Waals surface area contributed by atoms with E-state index in [4.69, 9.17) is 0 Å². The fourth-order valence-electron chi connectivity index (χ4n) is 2.25. The lowest BCUT2D eigenvalue weighted by Gasteiger charge is -2.16. The number of aromatic nitrogens is 1. The number of rotatable bonds is 2. The highest BCUT2D eigenvalue weighted by atomic mass is 19.1. The molecule has 0 atom stereocenters. The van der Waals surface area contributed by atoms with Crippen LogP contribution in [0.1, 0.15) is 48.9 Å². The van der Waals surface area contributed by atoms with E-state index in [1.807, 2.05) is 0 Å². The molecule has 0 unspecified atom stereocenters. The first-order chi connectivity index (χ1) is 8.27. The van der Waals surface area contributed by atoms with Crippen molar-refractivity contribution in [3.05, 3.63) is 29.8 Å². The van der Waals surface area contributed by atoms with Gasteiger partial charge in [0.1, 0.15) is 0 Å². The Balaban J connectivity index is 1.98. The number of carbonyl (C=O) groups excluding carboxylic acids is 1. The molecule has 4 heteroatoms. The third-order valence-corrected chi connectivity index (χ3v) is 3.21. The van der Waals surface area contributed by atoms with Gasteiger partial charge in [0.15, 0.2) is 5.82 Å². The predicted octanol–water partition coefficient (Wildman–Crippen LogP) is 2.67. The zero-order chi connectivity index (χ0) is 12.1. The number of pyridine rings is 1. The molecule has 17 heavy (non-hydrogen) atoms. The Morgan fingerprint density at radius 2 is 2.00 bits per heavy atom. The van der Waals surface area contributed by atoms with Crippen LogP contribution in [0, 0.1) is 5.82 Å². The van der Waals surface area contributed by atoms with Crippen LogP contribution >= 0.6 is 0 Å². The zero-order valence-corrected chi connectivity index (χ0v) is 9.79. The second-order valence-electron chi connectivity index (χ2n) is 4.52. The van der Waals surface area contributed by atoms with Gasteiger partial charge < -0.3 is 5.32 Å². The van der Waals surface area contributed by atoms with Crippen molar-refractivity contribution in [3.8, 4) is 0 Å². The number of hydrogen-bond donors (Lipinski definition) is 1. The van der Waals surface area contributed by atoms with Crippen molar-refractivity contribution in [3.63, 3.8) is 0 Å². The number of carbonyl (C=O) groups is 1. The molecule has 1 amide bonds. The summed E-state index contributed by atoms with van der Waals surface area (Å²) in [4.78, 5) is 15.5. The Labute approximate surface area is 100 Å². The molecule has 2 rings (SSSR count). The van der Waals surface area contributed by atoms with Gasteiger partial charge in [0.05, 0.1) is 11.8 Å². The number of halogens is 1. The van der Waals surface area contributed by atoms with Gasteiger partial charge in [-0.15, -0.1) is 0 Å². The van der Waals surface area contributed by atoms with Crippen molar-refractivity contribution in [2.45, 2.75) is 44.6 Å². The van der Waals surface area contributed by atoms with E-state index in [0.29, 0.717) is 0 Å². The summed E-state index contributed by atoms with van der Waals surface area (Å²) in [5, 5.41) is 2.91. The second-order valence-corrected chi connectivity index (χ2v) is 4.52. The van der Waals surface area contributed by atoms with Gasteiger partial charge in [-0.1, -0.05) is 25.7 Å². The van der Waals surface area contributed by atoms with E-state index in [2.05, 4.69) is 10.3 Å². The summed E-state index contributed by atoms with van der Waals surface area (Å²) in [6, 6.07) is 1.61. The minimum atomic E-state index is -0.557. The normalized spacial score (nSPS) is 17.5. The monoisotopic (exact) mass is 236 g/mol. The van der Waals surface area contributed by atoms with Crippen molar-refractivity contribution in [2.75, 3.05) is 0 Å². The highest BCUT2D eigenvalue weighted by molar-refractivity contribution is 5.94. The minimum Gasteiger partial charge on any atom is -0.349 e. The standard InChI is InChI=1S/C13H17FN2O/c14-12-9-15-8-7-11(12)13(17)16-10-5-3-1-2-4-6-10/h7-10H,1-6H2,(H,16,17). The quantitative estimate of drug-likeness (QED) is 0.802. The topological polar surface area (TPSA) is 42.0 Å². The molecule has 0 radical (unpaired) electrons. The van der Waals surface area contributed by atoms with E-state index in [1.54, 1.807) is 0 Å². The number of amides is 1. The van der Waals surface area contributed by atoms with Crippen LogP contribution < -0.4 is 5.32 Å². The van der Waals surface area contributed by atoms with Crippen LogP contribution in [0.25, 0.3) is 0 Å². The first-order valence-corrected chi connectivity index (χ1v) is 6.18. The Morgan fingerprint density at radius 3 is 2.65 bits per heavy atom. The summed E-state index contributed by atoms with van der Waals surface area (Å²) in [6.45, 7) is 0. The summed E-state index contributed by atoms with van der Waals surface area (Å²) in [6.07, 6.45) is 9.25. The minimum absolute atomic E-state index is 0.0873. The van der Waals surface area contributed by atoms with Crippen LogP contribution in [0.4, 0.5) is 4.39 Å². The molecule has 0 spiro atoms. The Morgan fingerprint density at radius 1 is 1.29 bits per heavy atom. The molecule has 0 aromatic carbocycles. The highest BCUT2D eigenvalue weighted by Crippen LogP contribution is 2.17. The van der Waals surface area contributed by atoms with Crippen LogP contribution in [-0.4, -0.2) is 16.9 Å². The Bertz CT molecular complexity index is 387. The molecule has 1 fully saturated rings.